The molecule has 0 spiro atoms. The first kappa shape index (κ1) is 13.0. The maximum Gasteiger partial charge on any atom is 0.0178 e. The Morgan fingerprint density at radius 2 is 1.47 bits per heavy atom. The van der Waals surface area contributed by atoms with E-state index in [2.05, 4.69) is 25.7 Å². The molecule has 1 heterocycles. The van der Waals surface area contributed by atoms with Gasteiger partial charge < -0.3 is 0 Å². The first-order valence-corrected chi connectivity index (χ1v) is 6.98. The van der Waals surface area contributed by atoms with Crippen LogP contribution in [0.1, 0.15) is 72.1 Å². The molecule has 0 aromatic carbocycles. The third-order valence-electron chi connectivity index (χ3n) is 4.17. The molecule has 1 heteroatoms. The van der Waals surface area contributed by atoms with Gasteiger partial charge in [-0.05, 0) is 45.7 Å². The molecule has 15 heavy (non-hydrogen) atoms. The monoisotopic (exact) mass is 211 g/mol. The fourth-order valence-electron chi connectivity index (χ4n) is 2.88. The van der Waals surface area contributed by atoms with Crippen molar-refractivity contribution in [1.82, 2.24) is 4.90 Å². The van der Waals surface area contributed by atoms with Gasteiger partial charge in [0.2, 0.25) is 0 Å². The van der Waals surface area contributed by atoms with Gasteiger partial charge in [-0.25, -0.2) is 0 Å². The summed E-state index contributed by atoms with van der Waals surface area (Å²) in [5.74, 6) is 0. The molecule has 0 radical (unpaired) electrons. The van der Waals surface area contributed by atoms with Crippen LogP contribution in [0, 0.1) is 0 Å². The molecule has 1 aliphatic heterocycles. The van der Waals surface area contributed by atoms with Crippen molar-refractivity contribution in [1.29, 1.82) is 0 Å². The lowest BCUT2D eigenvalue weighted by atomic mass is 9.89. The number of rotatable bonds is 4. The molecule has 0 amide bonds. The Labute approximate surface area is 96.2 Å². The number of likely N-dealkylation sites (tertiary alicyclic amines) is 1. The van der Waals surface area contributed by atoms with Gasteiger partial charge in [-0.1, -0.05) is 39.5 Å². The van der Waals surface area contributed by atoms with Crippen molar-refractivity contribution in [3.05, 3.63) is 0 Å². The molecule has 0 saturated carbocycles. The quantitative estimate of drug-likeness (QED) is 0.673. The maximum absolute atomic E-state index is 2.77. The van der Waals surface area contributed by atoms with Crippen LogP contribution in [0.5, 0.6) is 0 Å². The molecule has 0 N–H and O–H groups in total. The summed E-state index contributed by atoms with van der Waals surface area (Å²) in [5, 5.41) is 0. The minimum atomic E-state index is 0.478. The van der Waals surface area contributed by atoms with Crippen molar-refractivity contribution in [2.24, 2.45) is 0 Å². The van der Waals surface area contributed by atoms with E-state index in [9.17, 15) is 0 Å². The van der Waals surface area contributed by atoms with Gasteiger partial charge in [0, 0.05) is 5.54 Å². The fraction of sp³-hybridized carbons (Fsp3) is 1.00. The largest absolute Gasteiger partial charge is 0.298 e. The Bertz CT molecular complexity index is 159. The van der Waals surface area contributed by atoms with E-state index in [0.717, 1.165) is 0 Å². The second kappa shape index (κ2) is 6.52. The molecule has 1 nitrogen and oxygen atoms in total. The average Bonchev–Trinajstić information content (AvgIpc) is 2.17. The summed E-state index contributed by atoms with van der Waals surface area (Å²) in [6.45, 7) is 9.82. The van der Waals surface area contributed by atoms with Crippen molar-refractivity contribution in [3.8, 4) is 0 Å². The average molecular weight is 211 g/mol. The van der Waals surface area contributed by atoms with Crippen LogP contribution in [0.3, 0.4) is 0 Å². The molecular formula is C14H29N. The molecule has 0 aliphatic carbocycles. The minimum Gasteiger partial charge on any atom is -0.298 e. The molecule has 1 rings (SSSR count). The number of hydrogen-bond donors (Lipinski definition) is 0. The van der Waals surface area contributed by atoms with Crippen LogP contribution in [-0.4, -0.2) is 23.5 Å². The van der Waals surface area contributed by atoms with Gasteiger partial charge in [0.05, 0.1) is 0 Å². The van der Waals surface area contributed by atoms with Crippen molar-refractivity contribution in [3.63, 3.8) is 0 Å². The van der Waals surface area contributed by atoms with E-state index < -0.39 is 0 Å². The highest BCUT2D eigenvalue weighted by Gasteiger charge is 2.28. The molecule has 1 unspecified atom stereocenters. The predicted octanol–water partition coefficient (Wildman–Crippen LogP) is 4.22. The Hall–Kier alpha value is -0.0400. The van der Waals surface area contributed by atoms with Gasteiger partial charge >= 0.3 is 0 Å². The smallest absolute Gasteiger partial charge is 0.0178 e. The lowest BCUT2D eigenvalue weighted by molar-refractivity contribution is 0.0797. The van der Waals surface area contributed by atoms with Crippen molar-refractivity contribution in [2.45, 2.75) is 77.7 Å². The Kier molecular flexibility index (Phi) is 5.66. The summed E-state index contributed by atoms with van der Waals surface area (Å²) in [7, 11) is 0. The van der Waals surface area contributed by atoms with E-state index in [-0.39, 0.29) is 0 Å². The minimum absolute atomic E-state index is 0.478. The van der Waals surface area contributed by atoms with Crippen LogP contribution in [0.15, 0.2) is 0 Å². The Balaban J connectivity index is 2.54. The molecule has 1 aliphatic rings. The standard InChI is InChI=1S/C14H29N/c1-4-11-14(3,5-2)15-12-9-7-6-8-10-13-15/h4-13H2,1-3H3. The van der Waals surface area contributed by atoms with Crippen LogP contribution in [0.2, 0.25) is 0 Å². The van der Waals surface area contributed by atoms with Crippen molar-refractivity contribution < 1.29 is 0 Å². The maximum atomic E-state index is 2.77. The number of nitrogens with zero attached hydrogens (tertiary/aromatic N) is 1. The van der Waals surface area contributed by atoms with E-state index in [0.29, 0.717) is 5.54 Å². The first-order chi connectivity index (χ1) is 7.23. The lowest BCUT2D eigenvalue weighted by Gasteiger charge is -2.42. The van der Waals surface area contributed by atoms with E-state index in [4.69, 9.17) is 0 Å². The van der Waals surface area contributed by atoms with E-state index in [1.807, 2.05) is 0 Å². The molecular weight excluding hydrogens is 182 g/mol. The summed E-state index contributed by atoms with van der Waals surface area (Å²) in [6.07, 6.45) is 11.2. The van der Waals surface area contributed by atoms with Gasteiger partial charge in [-0.2, -0.15) is 0 Å². The summed E-state index contributed by atoms with van der Waals surface area (Å²) >= 11 is 0. The molecule has 0 bridgehead atoms. The topological polar surface area (TPSA) is 3.24 Å². The summed E-state index contributed by atoms with van der Waals surface area (Å²) in [4.78, 5) is 2.77. The second-order valence-electron chi connectivity index (χ2n) is 5.36. The molecule has 90 valence electrons. The molecule has 0 aromatic rings. The van der Waals surface area contributed by atoms with Crippen molar-refractivity contribution >= 4 is 0 Å². The first-order valence-electron chi connectivity index (χ1n) is 6.98. The van der Waals surface area contributed by atoms with Gasteiger partial charge in [0.1, 0.15) is 0 Å². The molecule has 0 aromatic heterocycles. The third kappa shape index (κ3) is 3.79. The zero-order valence-corrected chi connectivity index (χ0v) is 11.0. The highest BCUT2D eigenvalue weighted by Crippen LogP contribution is 2.27. The van der Waals surface area contributed by atoms with Gasteiger partial charge in [0.15, 0.2) is 0 Å². The molecule has 1 atom stereocenters. The SMILES string of the molecule is CCCC(C)(CC)N1CCCCCCC1. The zero-order valence-electron chi connectivity index (χ0n) is 11.0. The summed E-state index contributed by atoms with van der Waals surface area (Å²) < 4.78 is 0. The van der Waals surface area contributed by atoms with E-state index >= 15 is 0 Å². The fourth-order valence-corrected chi connectivity index (χ4v) is 2.88. The predicted molar refractivity (Wildman–Crippen MR) is 68.3 cm³/mol. The van der Waals surface area contributed by atoms with E-state index in [1.54, 1.807) is 0 Å². The zero-order chi connectivity index (χ0) is 11.1. The van der Waals surface area contributed by atoms with Crippen molar-refractivity contribution in [2.75, 3.05) is 13.1 Å². The van der Waals surface area contributed by atoms with Crippen LogP contribution in [-0.2, 0) is 0 Å². The van der Waals surface area contributed by atoms with Gasteiger partial charge in [-0.3, -0.25) is 4.90 Å². The van der Waals surface area contributed by atoms with Crippen LogP contribution in [0.4, 0.5) is 0 Å². The third-order valence-corrected chi connectivity index (χ3v) is 4.17. The van der Waals surface area contributed by atoms with Crippen LogP contribution >= 0.6 is 0 Å². The Morgan fingerprint density at radius 3 is 1.93 bits per heavy atom. The number of hydrogen-bond acceptors (Lipinski definition) is 1. The van der Waals surface area contributed by atoms with E-state index in [1.165, 1.54) is 64.5 Å². The van der Waals surface area contributed by atoms with Crippen LogP contribution < -0.4 is 0 Å². The second-order valence-corrected chi connectivity index (χ2v) is 5.36. The van der Waals surface area contributed by atoms with Gasteiger partial charge in [0.25, 0.3) is 0 Å². The highest BCUT2D eigenvalue weighted by molar-refractivity contribution is 4.85. The van der Waals surface area contributed by atoms with Gasteiger partial charge in [-0.15, -0.1) is 0 Å². The normalized spacial score (nSPS) is 24.2. The van der Waals surface area contributed by atoms with Crippen LogP contribution in [0.25, 0.3) is 0 Å². The molecule has 1 fully saturated rings. The summed E-state index contributed by atoms with van der Waals surface area (Å²) in [6, 6.07) is 0. The summed E-state index contributed by atoms with van der Waals surface area (Å²) in [5.41, 5.74) is 0.478. The Morgan fingerprint density at radius 1 is 0.933 bits per heavy atom. The highest BCUT2D eigenvalue weighted by atomic mass is 15.2. The molecule has 1 saturated heterocycles. The lowest BCUT2D eigenvalue weighted by Crippen LogP contribution is -2.47.